The third kappa shape index (κ3) is 5.18. The van der Waals surface area contributed by atoms with Gasteiger partial charge in [0.1, 0.15) is 0 Å². The SMILES string of the molecule is CC(=O)Nc1cccc(NS(=O)(=O)c2ccc3c(c2)CCCN3C(=O)c2cccc(Cl)c2)c1. The summed E-state index contributed by atoms with van der Waals surface area (Å²) in [5.41, 5.74) is 2.78. The van der Waals surface area contributed by atoms with Crippen molar-refractivity contribution in [1.29, 1.82) is 0 Å². The van der Waals surface area contributed by atoms with Crippen molar-refractivity contribution in [2.45, 2.75) is 24.7 Å². The molecule has 3 aromatic carbocycles. The van der Waals surface area contributed by atoms with E-state index in [1.54, 1.807) is 65.6 Å². The molecule has 2 amide bonds. The number of hydrogen-bond acceptors (Lipinski definition) is 4. The van der Waals surface area contributed by atoms with Crippen LogP contribution in [-0.4, -0.2) is 26.8 Å². The average Bonchev–Trinajstić information content (AvgIpc) is 2.77. The largest absolute Gasteiger partial charge is 0.326 e. The number of amides is 2. The first-order chi connectivity index (χ1) is 15.7. The van der Waals surface area contributed by atoms with Gasteiger partial charge in [-0.3, -0.25) is 14.3 Å². The smallest absolute Gasteiger partial charge is 0.261 e. The van der Waals surface area contributed by atoms with Gasteiger partial charge in [0.15, 0.2) is 0 Å². The molecule has 9 heteroatoms. The highest BCUT2D eigenvalue weighted by atomic mass is 35.5. The van der Waals surface area contributed by atoms with Gasteiger partial charge < -0.3 is 10.2 Å². The van der Waals surface area contributed by atoms with E-state index in [1.807, 2.05) is 0 Å². The van der Waals surface area contributed by atoms with Crippen LogP contribution in [0.3, 0.4) is 0 Å². The highest BCUT2D eigenvalue weighted by molar-refractivity contribution is 7.92. The maximum absolute atomic E-state index is 13.1. The first-order valence-electron chi connectivity index (χ1n) is 10.3. The molecule has 7 nitrogen and oxygen atoms in total. The van der Waals surface area contributed by atoms with Crippen LogP contribution in [0.5, 0.6) is 0 Å². The van der Waals surface area contributed by atoms with E-state index in [1.165, 1.54) is 13.0 Å². The second kappa shape index (κ2) is 9.25. The highest BCUT2D eigenvalue weighted by Crippen LogP contribution is 2.31. The van der Waals surface area contributed by atoms with Gasteiger partial charge in [-0.2, -0.15) is 0 Å². The van der Waals surface area contributed by atoms with Crippen molar-refractivity contribution in [3.8, 4) is 0 Å². The van der Waals surface area contributed by atoms with Crippen LogP contribution < -0.4 is 14.9 Å². The lowest BCUT2D eigenvalue weighted by atomic mass is 10.0. The van der Waals surface area contributed by atoms with E-state index < -0.39 is 10.0 Å². The standard InChI is InChI=1S/C24H22ClN3O4S/c1-16(29)26-20-8-3-9-21(15-20)27-33(31,32)22-10-11-23-17(14-22)6-4-12-28(23)24(30)18-5-2-7-19(25)13-18/h2-3,5,7-11,13-15,27H,4,6,12H2,1H3,(H,26,29). The van der Waals surface area contributed by atoms with Gasteiger partial charge >= 0.3 is 0 Å². The third-order valence-corrected chi connectivity index (χ3v) is 6.85. The maximum atomic E-state index is 13.1. The molecule has 3 aromatic rings. The highest BCUT2D eigenvalue weighted by Gasteiger charge is 2.26. The van der Waals surface area contributed by atoms with Crippen molar-refractivity contribution in [3.05, 3.63) is 82.9 Å². The van der Waals surface area contributed by atoms with E-state index in [4.69, 9.17) is 11.6 Å². The Labute approximate surface area is 197 Å². The summed E-state index contributed by atoms with van der Waals surface area (Å²) in [5.74, 6) is -0.427. The van der Waals surface area contributed by atoms with E-state index in [0.717, 1.165) is 12.0 Å². The minimum Gasteiger partial charge on any atom is -0.326 e. The number of carbonyl (C=O) groups is 2. The molecule has 0 fully saturated rings. The summed E-state index contributed by atoms with van der Waals surface area (Å²) in [6, 6.07) is 18.0. The van der Waals surface area contributed by atoms with Crippen LogP contribution in [0, 0.1) is 0 Å². The fraction of sp³-hybridized carbons (Fsp3) is 0.167. The lowest BCUT2D eigenvalue weighted by molar-refractivity contribution is -0.114. The quantitative estimate of drug-likeness (QED) is 0.550. The Bertz CT molecular complexity index is 1340. The third-order valence-electron chi connectivity index (χ3n) is 5.23. The summed E-state index contributed by atoms with van der Waals surface area (Å²) in [4.78, 5) is 26.1. The van der Waals surface area contributed by atoms with Crippen LogP contribution in [-0.2, 0) is 21.2 Å². The Morgan fingerprint density at radius 2 is 1.73 bits per heavy atom. The van der Waals surface area contributed by atoms with Gasteiger partial charge in [-0.1, -0.05) is 23.7 Å². The van der Waals surface area contributed by atoms with E-state index in [9.17, 15) is 18.0 Å². The fourth-order valence-electron chi connectivity index (χ4n) is 3.81. The van der Waals surface area contributed by atoms with Gasteiger partial charge in [0.05, 0.1) is 10.6 Å². The van der Waals surface area contributed by atoms with Gasteiger partial charge in [0, 0.05) is 35.4 Å². The summed E-state index contributed by atoms with van der Waals surface area (Å²) in [5, 5.41) is 3.10. The van der Waals surface area contributed by atoms with Gasteiger partial charge in [-0.15, -0.1) is 0 Å². The Morgan fingerprint density at radius 3 is 2.48 bits per heavy atom. The van der Waals surface area contributed by atoms with E-state index >= 15 is 0 Å². The van der Waals surface area contributed by atoms with Crippen molar-refractivity contribution in [2.24, 2.45) is 0 Å². The van der Waals surface area contributed by atoms with Gasteiger partial charge in [-0.05, 0) is 73.0 Å². The number of sulfonamides is 1. The first kappa shape index (κ1) is 22.8. The molecule has 2 N–H and O–H groups in total. The summed E-state index contributed by atoms with van der Waals surface area (Å²) in [6.07, 6.45) is 1.38. The summed E-state index contributed by atoms with van der Waals surface area (Å²) in [7, 11) is -3.87. The number of nitrogens with one attached hydrogen (secondary N) is 2. The fourth-order valence-corrected chi connectivity index (χ4v) is 5.10. The Hall–Kier alpha value is -3.36. The minimum atomic E-state index is -3.87. The molecule has 0 unspecified atom stereocenters. The number of benzene rings is 3. The number of halogens is 1. The van der Waals surface area contributed by atoms with Gasteiger partial charge in [-0.25, -0.2) is 8.42 Å². The Kier molecular flexibility index (Phi) is 6.40. The monoisotopic (exact) mass is 483 g/mol. The second-order valence-corrected chi connectivity index (χ2v) is 9.85. The molecule has 4 rings (SSSR count). The van der Waals surface area contributed by atoms with Crippen molar-refractivity contribution >= 4 is 50.5 Å². The predicted molar refractivity (Wildman–Crippen MR) is 129 cm³/mol. The zero-order valence-electron chi connectivity index (χ0n) is 17.8. The van der Waals surface area contributed by atoms with Crippen LogP contribution in [0.4, 0.5) is 17.1 Å². The van der Waals surface area contributed by atoms with Crippen molar-refractivity contribution in [2.75, 3.05) is 21.5 Å². The molecule has 0 radical (unpaired) electrons. The molecule has 0 saturated carbocycles. The van der Waals surface area contributed by atoms with Crippen LogP contribution in [0.1, 0.15) is 29.3 Å². The van der Waals surface area contributed by atoms with E-state index in [-0.39, 0.29) is 16.7 Å². The van der Waals surface area contributed by atoms with E-state index in [2.05, 4.69) is 10.0 Å². The van der Waals surface area contributed by atoms with Gasteiger partial charge in [0.25, 0.3) is 15.9 Å². The number of anilines is 3. The lowest BCUT2D eigenvalue weighted by Gasteiger charge is -2.30. The Balaban J connectivity index is 1.60. The zero-order chi connectivity index (χ0) is 23.6. The molecule has 170 valence electrons. The summed E-state index contributed by atoms with van der Waals surface area (Å²) in [6.45, 7) is 1.92. The van der Waals surface area contributed by atoms with Crippen LogP contribution in [0.15, 0.2) is 71.6 Å². The van der Waals surface area contributed by atoms with Crippen molar-refractivity contribution in [1.82, 2.24) is 0 Å². The number of aryl methyl sites for hydroxylation is 1. The minimum absolute atomic E-state index is 0.100. The van der Waals surface area contributed by atoms with Gasteiger partial charge in [0.2, 0.25) is 5.91 Å². The molecule has 1 heterocycles. The summed E-state index contributed by atoms with van der Waals surface area (Å²) >= 11 is 6.03. The molecule has 0 atom stereocenters. The van der Waals surface area contributed by atoms with Crippen LogP contribution in [0.2, 0.25) is 5.02 Å². The average molecular weight is 484 g/mol. The number of nitrogens with zero attached hydrogens (tertiary/aromatic N) is 1. The molecule has 0 spiro atoms. The molecule has 0 aromatic heterocycles. The predicted octanol–water partition coefficient (Wildman–Crippen LogP) is 4.69. The number of fused-ring (bicyclic) bond motifs is 1. The summed E-state index contributed by atoms with van der Waals surface area (Å²) < 4.78 is 28.5. The van der Waals surface area contributed by atoms with Crippen molar-refractivity contribution in [3.63, 3.8) is 0 Å². The Morgan fingerprint density at radius 1 is 0.970 bits per heavy atom. The van der Waals surface area contributed by atoms with E-state index in [0.29, 0.717) is 40.6 Å². The molecular weight excluding hydrogens is 462 g/mol. The molecular formula is C24H22ClN3O4S. The number of hydrogen-bond donors (Lipinski definition) is 2. The molecule has 0 bridgehead atoms. The molecule has 0 saturated heterocycles. The zero-order valence-corrected chi connectivity index (χ0v) is 19.4. The number of rotatable bonds is 5. The number of carbonyl (C=O) groups excluding carboxylic acids is 2. The molecule has 1 aliphatic heterocycles. The first-order valence-corrected chi connectivity index (χ1v) is 12.2. The topological polar surface area (TPSA) is 95.6 Å². The molecule has 33 heavy (non-hydrogen) atoms. The molecule has 0 aliphatic carbocycles. The van der Waals surface area contributed by atoms with Crippen LogP contribution in [0.25, 0.3) is 0 Å². The van der Waals surface area contributed by atoms with Crippen molar-refractivity contribution < 1.29 is 18.0 Å². The van der Waals surface area contributed by atoms with Crippen LogP contribution >= 0.6 is 11.6 Å². The maximum Gasteiger partial charge on any atom is 0.261 e. The second-order valence-electron chi connectivity index (χ2n) is 7.73. The molecule has 1 aliphatic rings. The lowest BCUT2D eigenvalue weighted by Crippen LogP contribution is -2.35. The normalized spacial score (nSPS) is 13.2.